The molecule has 0 amide bonds. The highest BCUT2D eigenvalue weighted by molar-refractivity contribution is 5.17. The molecule has 1 aliphatic heterocycles. The van der Waals surface area contributed by atoms with E-state index in [0.29, 0.717) is 0 Å². The third kappa shape index (κ3) is 5.14. The largest absolute Gasteiger partial charge is 0.394 e. The molecule has 0 saturated carbocycles. The van der Waals surface area contributed by atoms with E-state index in [0.717, 1.165) is 18.7 Å². The molecule has 1 saturated heterocycles. The van der Waals surface area contributed by atoms with Gasteiger partial charge in [0, 0.05) is 6.54 Å². The van der Waals surface area contributed by atoms with Gasteiger partial charge in [0.15, 0.2) is 0 Å². The summed E-state index contributed by atoms with van der Waals surface area (Å²) in [6.45, 7) is 3.77. The van der Waals surface area contributed by atoms with Crippen LogP contribution in [0.3, 0.4) is 0 Å². The van der Waals surface area contributed by atoms with Crippen LogP contribution in [0.5, 0.6) is 0 Å². The Balaban J connectivity index is 0.000000280. The number of rotatable bonds is 4. The highest BCUT2D eigenvalue weighted by atomic mass is 16.5. The second kappa shape index (κ2) is 9.05. The number of aliphatic hydroxyl groups is 1. The van der Waals surface area contributed by atoms with Crippen molar-refractivity contribution in [2.75, 3.05) is 19.7 Å². The van der Waals surface area contributed by atoms with Gasteiger partial charge in [0.2, 0.25) is 0 Å². The molecule has 1 fully saturated rings. The molecule has 1 aliphatic rings. The van der Waals surface area contributed by atoms with Gasteiger partial charge in [-0.2, -0.15) is 0 Å². The highest BCUT2D eigenvalue weighted by Gasteiger charge is 2.24. The van der Waals surface area contributed by atoms with Crippen molar-refractivity contribution in [3.8, 4) is 0 Å². The van der Waals surface area contributed by atoms with Crippen molar-refractivity contribution in [3.05, 3.63) is 35.9 Å². The van der Waals surface area contributed by atoms with E-state index in [4.69, 9.17) is 15.6 Å². The average Bonchev–Trinajstić information content (AvgIpc) is 2.90. The smallest absolute Gasteiger partial charge is 0.134 e. The van der Waals surface area contributed by atoms with Gasteiger partial charge in [0.1, 0.15) is 6.23 Å². The molecule has 0 spiro atoms. The van der Waals surface area contributed by atoms with Gasteiger partial charge in [0.25, 0.3) is 0 Å². The minimum absolute atomic E-state index is 0.0571. The lowest BCUT2D eigenvalue weighted by molar-refractivity contribution is 0.0100. The molecular formula is C14H24N2O2. The molecule has 1 aromatic rings. The topological polar surface area (TPSA) is 67.5 Å². The number of hydrogen-bond donors (Lipinski definition) is 3. The molecule has 2 unspecified atom stereocenters. The van der Waals surface area contributed by atoms with Gasteiger partial charge >= 0.3 is 0 Å². The maximum Gasteiger partial charge on any atom is 0.134 e. The van der Waals surface area contributed by atoms with Crippen LogP contribution in [-0.4, -0.2) is 30.9 Å². The fraction of sp³-hybridized carbons (Fsp3) is 0.571. The van der Waals surface area contributed by atoms with E-state index in [2.05, 4.69) is 12.2 Å². The molecule has 1 aromatic carbocycles. The number of benzene rings is 1. The van der Waals surface area contributed by atoms with Crippen molar-refractivity contribution in [1.29, 1.82) is 0 Å². The Morgan fingerprint density at radius 3 is 2.56 bits per heavy atom. The van der Waals surface area contributed by atoms with Crippen molar-refractivity contribution in [2.45, 2.75) is 32.1 Å². The van der Waals surface area contributed by atoms with E-state index in [1.165, 1.54) is 12.8 Å². The fourth-order valence-electron chi connectivity index (χ4n) is 1.66. The molecule has 102 valence electrons. The third-order valence-corrected chi connectivity index (χ3v) is 2.72. The Morgan fingerprint density at radius 1 is 1.39 bits per heavy atom. The van der Waals surface area contributed by atoms with Crippen molar-refractivity contribution >= 4 is 0 Å². The van der Waals surface area contributed by atoms with Gasteiger partial charge in [0.05, 0.1) is 12.7 Å². The number of nitrogens with one attached hydrogen (secondary N) is 1. The maximum absolute atomic E-state index is 8.87. The SMILES string of the molecule is CCCCN.OCC1CNC(c2ccccc2)O1. The van der Waals surface area contributed by atoms with Gasteiger partial charge in [-0.1, -0.05) is 43.7 Å². The molecule has 2 atom stereocenters. The predicted octanol–water partition coefficient (Wildman–Crippen LogP) is 1.41. The summed E-state index contributed by atoms with van der Waals surface area (Å²) in [4.78, 5) is 0. The summed E-state index contributed by atoms with van der Waals surface area (Å²) in [5.41, 5.74) is 6.25. The molecule has 4 N–H and O–H groups in total. The third-order valence-electron chi connectivity index (χ3n) is 2.72. The summed E-state index contributed by atoms with van der Waals surface area (Å²) < 4.78 is 5.54. The van der Waals surface area contributed by atoms with Gasteiger partial charge in [-0.05, 0) is 18.5 Å². The van der Waals surface area contributed by atoms with E-state index < -0.39 is 0 Å². The zero-order chi connectivity index (χ0) is 13.2. The van der Waals surface area contributed by atoms with Gasteiger partial charge < -0.3 is 15.6 Å². The number of nitrogens with two attached hydrogens (primary N) is 1. The second-order valence-electron chi connectivity index (χ2n) is 4.28. The summed E-state index contributed by atoms with van der Waals surface area (Å²) >= 11 is 0. The van der Waals surface area contributed by atoms with Crippen molar-refractivity contribution in [3.63, 3.8) is 0 Å². The first-order valence-electron chi connectivity index (χ1n) is 6.56. The van der Waals surface area contributed by atoms with E-state index in [1.807, 2.05) is 30.3 Å². The Morgan fingerprint density at radius 2 is 2.11 bits per heavy atom. The maximum atomic E-state index is 8.87. The standard InChI is InChI=1S/C10H13NO2.C4H11N/c12-7-9-6-11-10(13-9)8-4-2-1-3-5-8;1-2-3-4-5/h1-5,9-12H,6-7H2;2-5H2,1H3. The molecule has 0 bridgehead atoms. The van der Waals surface area contributed by atoms with Crippen LogP contribution in [0.2, 0.25) is 0 Å². The fourth-order valence-corrected chi connectivity index (χ4v) is 1.66. The minimum Gasteiger partial charge on any atom is -0.394 e. The Bertz CT molecular complexity index is 304. The summed E-state index contributed by atoms with van der Waals surface area (Å²) in [6.07, 6.45) is 2.26. The lowest BCUT2D eigenvalue weighted by Gasteiger charge is -2.11. The molecule has 2 rings (SSSR count). The van der Waals surface area contributed by atoms with Crippen LogP contribution in [0.15, 0.2) is 30.3 Å². The van der Waals surface area contributed by atoms with Crippen molar-refractivity contribution < 1.29 is 9.84 Å². The molecule has 1 heterocycles. The molecular weight excluding hydrogens is 228 g/mol. The lowest BCUT2D eigenvalue weighted by Crippen LogP contribution is -2.17. The molecule has 4 nitrogen and oxygen atoms in total. The number of ether oxygens (including phenoxy) is 1. The summed E-state index contributed by atoms with van der Waals surface area (Å²) in [7, 11) is 0. The first-order chi connectivity index (χ1) is 8.81. The second-order valence-corrected chi connectivity index (χ2v) is 4.28. The Kier molecular flexibility index (Phi) is 7.60. The van der Waals surface area contributed by atoms with E-state index in [1.54, 1.807) is 0 Å². The van der Waals surface area contributed by atoms with Crippen molar-refractivity contribution in [1.82, 2.24) is 5.32 Å². The van der Waals surface area contributed by atoms with Crippen LogP contribution in [-0.2, 0) is 4.74 Å². The van der Waals surface area contributed by atoms with Gasteiger partial charge in [-0.3, -0.25) is 5.32 Å². The first kappa shape index (κ1) is 15.1. The molecule has 0 aliphatic carbocycles. The minimum atomic E-state index is -0.0646. The van der Waals surface area contributed by atoms with Crippen LogP contribution in [0.4, 0.5) is 0 Å². The molecule has 18 heavy (non-hydrogen) atoms. The molecule has 4 heteroatoms. The van der Waals surface area contributed by atoms with Crippen LogP contribution >= 0.6 is 0 Å². The van der Waals surface area contributed by atoms with E-state index in [-0.39, 0.29) is 18.9 Å². The zero-order valence-corrected chi connectivity index (χ0v) is 11.0. The number of unbranched alkanes of at least 4 members (excludes halogenated alkanes) is 1. The molecule has 0 aromatic heterocycles. The number of hydrogen-bond acceptors (Lipinski definition) is 4. The van der Waals surface area contributed by atoms with Crippen LogP contribution in [0.1, 0.15) is 31.6 Å². The number of aliphatic hydroxyl groups excluding tert-OH is 1. The molecule has 0 radical (unpaired) electrons. The zero-order valence-electron chi connectivity index (χ0n) is 11.0. The first-order valence-corrected chi connectivity index (χ1v) is 6.56. The highest BCUT2D eigenvalue weighted by Crippen LogP contribution is 2.20. The van der Waals surface area contributed by atoms with Crippen LogP contribution in [0.25, 0.3) is 0 Å². The van der Waals surface area contributed by atoms with E-state index >= 15 is 0 Å². The Hall–Kier alpha value is -0.940. The van der Waals surface area contributed by atoms with Crippen molar-refractivity contribution in [2.24, 2.45) is 5.73 Å². The van der Waals surface area contributed by atoms with Gasteiger partial charge in [-0.15, -0.1) is 0 Å². The lowest BCUT2D eigenvalue weighted by atomic mass is 10.2. The quantitative estimate of drug-likeness (QED) is 0.758. The predicted molar refractivity (Wildman–Crippen MR) is 73.1 cm³/mol. The Labute approximate surface area is 109 Å². The summed E-state index contributed by atoms with van der Waals surface area (Å²) in [5, 5.41) is 12.1. The average molecular weight is 252 g/mol. The normalized spacial score (nSPS) is 22.4. The van der Waals surface area contributed by atoms with Gasteiger partial charge in [-0.25, -0.2) is 0 Å². The monoisotopic (exact) mass is 252 g/mol. The van der Waals surface area contributed by atoms with E-state index in [9.17, 15) is 0 Å². The van der Waals surface area contributed by atoms with Crippen LogP contribution < -0.4 is 11.1 Å². The summed E-state index contributed by atoms with van der Waals surface area (Å²) in [6, 6.07) is 9.95. The van der Waals surface area contributed by atoms with Crippen LogP contribution in [0, 0.1) is 0 Å². The summed E-state index contributed by atoms with van der Waals surface area (Å²) in [5.74, 6) is 0.